The van der Waals surface area contributed by atoms with Crippen LogP contribution in [0.15, 0.2) is 48.2 Å². The summed E-state index contributed by atoms with van der Waals surface area (Å²) in [5, 5.41) is 10.0. The van der Waals surface area contributed by atoms with Crippen LogP contribution in [0.1, 0.15) is 51.3 Å². The maximum atomic E-state index is 13.0. The van der Waals surface area contributed by atoms with Crippen LogP contribution in [0.5, 0.6) is 5.75 Å². The predicted molar refractivity (Wildman–Crippen MR) is 106 cm³/mol. The second-order valence-electron chi connectivity index (χ2n) is 6.85. The van der Waals surface area contributed by atoms with Gasteiger partial charge in [-0.1, -0.05) is 37.3 Å². The van der Waals surface area contributed by atoms with E-state index in [2.05, 4.69) is 0 Å². The smallest absolute Gasteiger partial charge is 0.232 e. The van der Waals surface area contributed by atoms with Gasteiger partial charge in [-0.15, -0.1) is 0 Å². The maximum absolute atomic E-state index is 13.0. The van der Waals surface area contributed by atoms with Crippen LogP contribution in [0, 0.1) is 0 Å². The molecule has 0 fully saturated rings. The largest absolute Gasteiger partial charge is 0.492 e. The zero-order valence-corrected chi connectivity index (χ0v) is 16.3. The molecule has 2 aromatic rings. The molecule has 0 heterocycles. The van der Waals surface area contributed by atoms with Crippen LogP contribution in [0.3, 0.4) is 0 Å². The summed E-state index contributed by atoms with van der Waals surface area (Å²) in [5.74, 6) is -0.307. The van der Waals surface area contributed by atoms with E-state index in [4.69, 9.17) is 9.47 Å². The standard InChI is InChI=1S/C23H24O5/c1-4-16-11-18-19(25)12-20(27-3)22(26)21(18)23(17(16)10-14(2)24)28-13-15-8-6-5-7-9-15/h5-9,11-12,14,24H,4,10,13H2,1-3H3. The minimum atomic E-state index is -0.616. The molecule has 2 aromatic carbocycles. The van der Waals surface area contributed by atoms with E-state index in [1.165, 1.54) is 13.2 Å². The number of rotatable bonds is 7. The Bertz CT molecular complexity index is 926. The van der Waals surface area contributed by atoms with E-state index < -0.39 is 6.10 Å². The van der Waals surface area contributed by atoms with Crippen molar-refractivity contribution in [1.29, 1.82) is 0 Å². The molecular weight excluding hydrogens is 356 g/mol. The van der Waals surface area contributed by atoms with Crippen molar-refractivity contribution >= 4 is 11.6 Å². The Labute approximate surface area is 164 Å². The Kier molecular flexibility index (Phi) is 5.95. The molecule has 5 nitrogen and oxygen atoms in total. The van der Waals surface area contributed by atoms with Gasteiger partial charge in [0.2, 0.25) is 5.78 Å². The van der Waals surface area contributed by atoms with Gasteiger partial charge in [0.15, 0.2) is 11.5 Å². The third kappa shape index (κ3) is 3.85. The molecule has 1 unspecified atom stereocenters. The average molecular weight is 380 g/mol. The molecule has 0 aliphatic heterocycles. The van der Waals surface area contributed by atoms with Crippen molar-refractivity contribution in [2.75, 3.05) is 7.11 Å². The first kappa shape index (κ1) is 19.8. The van der Waals surface area contributed by atoms with Crippen LogP contribution in [0.25, 0.3) is 0 Å². The molecule has 1 aliphatic carbocycles. The summed E-state index contributed by atoms with van der Waals surface area (Å²) < 4.78 is 11.2. The maximum Gasteiger partial charge on any atom is 0.232 e. The molecule has 3 rings (SSSR count). The zero-order valence-electron chi connectivity index (χ0n) is 16.3. The fraction of sp³-hybridized carbons (Fsp3) is 0.304. The summed E-state index contributed by atoms with van der Waals surface area (Å²) in [4.78, 5) is 25.6. The van der Waals surface area contributed by atoms with E-state index in [9.17, 15) is 14.7 Å². The van der Waals surface area contributed by atoms with E-state index in [1.54, 1.807) is 13.0 Å². The van der Waals surface area contributed by atoms with Crippen molar-refractivity contribution in [2.45, 2.75) is 39.4 Å². The van der Waals surface area contributed by atoms with Gasteiger partial charge in [-0.3, -0.25) is 9.59 Å². The van der Waals surface area contributed by atoms with Crippen molar-refractivity contribution in [2.24, 2.45) is 0 Å². The minimum absolute atomic E-state index is 0.00527. The van der Waals surface area contributed by atoms with Crippen molar-refractivity contribution in [1.82, 2.24) is 0 Å². The van der Waals surface area contributed by atoms with Crippen LogP contribution in [-0.4, -0.2) is 29.9 Å². The Morgan fingerprint density at radius 1 is 1.14 bits per heavy atom. The lowest BCUT2D eigenvalue weighted by Crippen LogP contribution is -2.22. The topological polar surface area (TPSA) is 72.8 Å². The lowest BCUT2D eigenvalue weighted by Gasteiger charge is -2.24. The van der Waals surface area contributed by atoms with Gasteiger partial charge in [0, 0.05) is 23.6 Å². The molecule has 0 saturated carbocycles. The quantitative estimate of drug-likeness (QED) is 0.794. The SMILES string of the molecule is CCc1cc2c(c(OCc3ccccc3)c1CC(C)O)C(=O)C(OC)=CC2=O. The monoisotopic (exact) mass is 380 g/mol. The van der Waals surface area contributed by atoms with Crippen LogP contribution in [0.2, 0.25) is 0 Å². The van der Waals surface area contributed by atoms with Crippen molar-refractivity contribution in [3.8, 4) is 5.75 Å². The highest BCUT2D eigenvalue weighted by Crippen LogP contribution is 2.37. The van der Waals surface area contributed by atoms with Gasteiger partial charge in [-0.2, -0.15) is 0 Å². The predicted octanol–water partition coefficient (Wildman–Crippen LogP) is 3.66. The Hall–Kier alpha value is -2.92. The summed E-state index contributed by atoms with van der Waals surface area (Å²) in [6, 6.07) is 11.3. The first-order valence-corrected chi connectivity index (χ1v) is 9.34. The van der Waals surface area contributed by atoms with E-state index in [0.29, 0.717) is 24.2 Å². The number of aryl methyl sites for hydroxylation is 1. The van der Waals surface area contributed by atoms with E-state index in [1.807, 2.05) is 37.3 Å². The number of hydrogen-bond donors (Lipinski definition) is 1. The van der Waals surface area contributed by atoms with Gasteiger partial charge in [-0.05, 0) is 30.5 Å². The number of allylic oxidation sites excluding steroid dienone is 2. The summed E-state index contributed by atoms with van der Waals surface area (Å²) in [7, 11) is 1.36. The second-order valence-corrected chi connectivity index (χ2v) is 6.85. The molecule has 0 aromatic heterocycles. The number of fused-ring (bicyclic) bond motifs is 1. The van der Waals surface area contributed by atoms with Gasteiger partial charge in [0.25, 0.3) is 0 Å². The number of ketones is 2. The fourth-order valence-corrected chi connectivity index (χ4v) is 3.43. The average Bonchev–Trinajstić information content (AvgIpc) is 2.69. The third-order valence-electron chi connectivity index (χ3n) is 4.78. The molecule has 0 radical (unpaired) electrons. The van der Waals surface area contributed by atoms with Crippen LogP contribution >= 0.6 is 0 Å². The normalized spacial score (nSPS) is 14.4. The number of carbonyl (C=O) groups excluding carboxylic acids is 2. The van der Waals surface area contributed by atoms with E-state index in [-0.39, 0.29) is 29.5 Å². The van der Waals surface area contributed by atoms with Crippen molar-refractivity contribution in [3.05, 3.63) is 76.1 Å². The molecule has 0 amide bonds. The summed E-state index contributed by atoms with van der Waals surface area (Å²) in [5.41, 5.74) is 3.12. The fourth-order valence-electron chi connectivity index (χ4n) is 3.43. The number of aliphatic hydroxyl groups excluding tert-OH is 1. The third-order valence-corrected chi connectivity index (χ3v) is 4.78. The molecule has 5 heteroatoms. The number of benzene rings is 2. The molecule has 0 spiro atoms. The van der Waals surface area contributed by atoms with Crippen LogP contribution < -0.4 is 4.74 Å². The molecule has 0 bridgehead atoms. The van der Waals surface area contributed by atoms with Crippen molar-refractivity contribution < 1.29 is 24.2 Å². The van der Waals surface area contributed by atoms with Gasteiger partial charge in [0.1, 0.15) is 12.4 Å². The Morgan fingerprint density at radius 3 is 2.46 bits per heavy atom. The molecular formula is C23H24O5. The van der Waals surface area contributed by atoms with Crippen LogP contribution in [0.4, 0.5) is 0 Å². The lowest BCUT2D eigenvalue weighted by molar-refractivity contribution is 0.0911. The first-order valence-electron chi connectivity index (χ1n) is 9.34. The molecule has 1 N–H and O–H groups in total. The molecule has 146 valence electrons. The highest BCUT2D eigenvalue weighted by atomic mass is 16.5. The summed E-state index contributed by atoms with van der Waals surface area (Å²) >= 11 is 0. The van der Waals surface area contributed by atoms with Crippen LogP contribution in [-0.2, 0) is 24.2 Å². The van der Waals surface area contributed by atoms with Crippen molar-refractivity contribution in [3.63, 3.8) is 0 Å². The van der Waals surface area contributed by atoms with E-state index >= 15 is 0 Å². The minimum Gasteiger partial charge on any atom is -0.492 e. The number of ether oxygens (including phenoxy) is 2. The Balaban J connectivity index is 2.16. The molecule has 1 aliphatic rings. The summed E-state index contributed by atoms with van der Waals surface area (Å²) in [6.07, 6.45) is 1.58. The first-order chi connectivity index (χ1) is 13.5. The van der Waals surface area contributed by atoms with E-state index in [0.717, 1.165) is 16.7 Å². The molecule has 0 saturated heterocycles. The van der Waals surface area contributed by atoms with Gasteiger partial charge >= 0.3 is 0 Å². The number of carbonyl (C=O) groups is 2. The highest BCUT2D eigenvalue weighted by molar-refractivity contribution is 6.25. The second kappa shape index (κ2) is 8.40. The van der Waals surface area contributed by atoms with Gasteiger partial charge < -0.3 is 14.6 Å². The highest BCUT2D eigenvalue weighted by Gasteiger charge is 2.33. The zero-order chi connectivity index (χ0) is 20.3. The van der Waals surface area contributed by atoms with Gasteiger partial charge in [-0.25, -0.2) is 0 Å². The Morgan fingerprint density at radius 2 is 1.86 bits per heavy atom. The number of Topliss-reactive ketones (excluding diaryl/α,β-unsaturated/α-hetero) is 1. The molecule has 1 atom stereocenters. The number of methoxy groups -OCH3 is 1. The van der Waals surface area contributed by atoms with Gasteiger partial charge in [0.05, 0.1) is 18.8 Å². The summed E-state index contributed by atoms with van der Waals surface area (Å²) in [6.45, 7) is 3.91. The number of hydrogen-bond acceptors (Lipinski definition) is 5. The number of aliphatic hydroxyl groups is 1. The molecule has 28 heavy (non-hydrogen) atoms. The lowest BCUT2D eigenvalue weighted by atomic mass is 9.86.